The number of carbonyl (C=O) groups excluding carboxylic acids is 1. The predicted octanol–water partition coefficient (Wildman–Crippen LogP) is 3.59. The van der Waals surface area contributed by atoms with Crippen LogP contribution in [0.15, 0.2) is 53.7 Å². The molecule has 0 bridgehead atoms. The van der Waals surface area contributed by atoms with Gasteiger partial charge in [-0.05, 0) is 62.7 Å². The van der Waals surface area contributed by atoms with E-state index in [-0.39, 0.29) is 11.9 Å². The zero-order chi connectivity index (χ0) is 24.5. The van der Waals surface area contributed by atoms with Crippen molar-refractivity contribution in [3.8, 4) is 0 Å². The van der Waals surface area contributed by atoms with Crippen molar-refractivity contribution < 1.29 is 4.79 Å². The van der Waals surface area contributed by atoms with E-state index in [2.05, 4.69) is 35.3 Å². The van der Waals surface area contributed by atoms with Gasteiger partial charge in [-0.1, -0.05) is 18.2 Å². The smallest absolute Gasteiger partial charge is 0.224 e. The number of allylic oxidation sites excluding steroid dienone is 1. The van der Waals surface area contributed by atoms with Crippen LogP contribution in [0.25, 0.3) is 16.5 Å². The van der Waals surface area contributed by atoms with Crippen molar-refractivity contribution in [2.75, 3.05) is 29.4 Å². The Morgan fingerprint density at radius 3 is 2.69 bits per heavy atom. The molecule has 3 aromatic rings. The zero-order valence-electron chi connectivity index (χ0n) is 20.6. The maximum Gasteiger partial charge on any atom is 0.224 e. The van der Waals surface area contributed by atoms with Crippen LogP contribution in [0.1, 0.15) is 32.3 Å². The van der Waals surface area contributed by atoms with Crippen molar-refractivity contribution in [3.63, 3.8) is 0 Å². The summed E-state index contributed by atoms with van der Waals surface area (Å²) in [5.41, 5.74) is 10.8. The summed E-state index contributed by atoms with van der Waals surface area (Å²) in [6.07, 6.45) is 5.57. The highest BCUT2D eigenvalue weighted by Crippen LogP contribution is 2.42. The number of piperidine rings is 1. The molecule has 2 aliphatic rings. The molecule has 1 fully saturated rings. The Kier molecular flexibility index (Phi) is 6.30. The van der Waals surface area contributed by atoms with E-state index in [1.807, 2.05) is 47.1 Å². The minimum atomic E-state index is -0.00221. The van der Waals surface area contributed by atoms with Crippen LogP contribution in [-0.4, -0.2) is 53.6 Å². The molecular formula is C27H33N7O. The van der Waals surface area contributed by atoms with Crippen LogP contribution in [0.2, 0.25) is 0 Å². The van der Waals surface area contributed by atoms with E-state index in [0.29, 0.717) is 12.6 Å². The minimum absolute atomic E-state index is 0.00221. The first-order valence-corrected chi connectivity index (χ1v) is 12.3. The number of carbonyl (C=O) groups is 1. The molecule has 2 aliphatic heterocycles. The van der Waals surface area contributed by atoms with E-state index in [1.165, 1.54) is 0 Å². The number of anilines is 3. The number of aliphatic imine (C=N–C) groups is 1. The fourth-order valence-electron chi connectivity index (χ4n) is 5.23. The fraction of sp³-hybridized carbons (Fsp3) is 0.370. The van der Waals surface area contributed by atoms with Gasteiger partial charge in [0.15, 0.2) is 5.82 Å². The molecule has 0 aliphatic carbocycles. The monoisotopic (exact) mass is 471 g/mol. The number of hydrogen-bond acceptors (Lipinski definition) is 6. The summed E-state index contributed by atoms with van der Waals surface area (Å²) in [6, 6.07) is 14.7. The lowest BCUT2D eigenvalue weighted by Crippen LogP contribution is -2.48. The number of rotatable bonds is 4. The summed E-state index contributed by atoms with van der Waals surface area (Å²) < 4.78 is 1.91. The number of nitrogens with one attached hydrogen (secondary N) is 1. The van der Waals surface area contributed by atoms with Crippen molar-refractivity contribution in [2.45, 2.75) is 38.8 Å². The van der Waals surface area contributed by atoms with Crippen LogP contribution >= 0.6 is 0 Å². The van der Waals surface area contributed by atoms with Crippen molar-refractivity contribution in [3.05, 3.63) is 54.2 Å². The molecule has 8 heteroatoms. The van der Waals surface area contributed by atoms with Gasteiger partial charge < -0.3 is 20.9 Å². The third-order valence-electron chi connectivity index (χ3n) is 6.99. The molecule has 0 saturated carbocycles. The molecule has 8 nitrogen and oxygen atoms in total. The number of hydrogen-bond donors (Lipinski definition) is 2. The quantitative estimate of drug-likeness (QED) is 0.568. The van der Waals surface area contributed by atoms with E-state index >= 15 is 0 Å². The lowest BCUT2D eigenvalue weighted by Gasteiger charge is -2.41. The molecular weight excluding hydrogens is 438 g/mol. The predicted molar refractivity (Wildman–Crippen MR) is 143 cm³/mol. The fourth-order valence-corrected chi connectivity index (χ4v) is 5.23. The van der Waals surface area contributed by atoms with Gasteiger partial charge in [0, 0.05) is 43.9 Å². The van der Waals surface area contributed by atoms with Crippen LogP contribution in [0, 0.1) is 0 Å². The van der Waals surface area contributed by atoms with E-state index in [9.17, 15) is 4.79 Å². The van der Waals surface area contributed by atoms with Crippen molar-refractivity contribution >= 4 is 45.8 Å². The zero-order valence-corrected chi connectivity index (χ0v) is 20.6. The average molecular weight is 472 g/mol. The van der Waals surface area contributed by atoms with Gasteiger partial charge >= 0.3 is 0 Å². The van der Waals surface area contributed by atoms with Gasteiger partial charge in [-0.3, -0.25) is 14.5 Å². The van der Waals surface area contributed by atoms with Crippen molar-refractivity contribution in [1.29, 1.82) is 0 Å². The Bertz CT molecular complexity index is 1300. The first-order chi connectivity index (χ1) is 17.0. The number of nitrogens with zero attached hydrogens (tertiary/aromatic N) is 5. The van der Waals surface area contributed by atoms with E-state index < -0.39 is 0 Å². The molecule has 1 aromatic heterocycles. The minimum Gasteiger partial charge on any atom is -0.404 e. The standard InChI is InChI=1S/C27H33N7O/c1-18-17-33(27-23-6-4-5-7-24(23)32(3)31-27)26-14-20(8-9-25(26)34(18)19(2)35)21(15-28)16-30-22-10-12-29-13-11-22/h4-9,14-16,18,22,29H,10-13,17,28H2,1-3H3/b21-15+,30-16?/t18-/m0/s1. The first kappa shape index (κ1) is 23.1. The molecule has 1 amide bonds. The number of aryl methyl sites for hydroxylation is 1. The van der Waals surface area contributed by atoms with Crippen LogP contribution in [0.3, 0.4) is 0 Å². The number of amides is 1. The van der Waals surface area contributed by atoms with Gasteiger partial charge in [0.2, 0.25) is 5.91 Å². The van der Waals surface area contributed by atoms with Gasteiger partial charge in [0.05, 0.1) is 29.0 Å². The lowest BCUT2D eigenvalue weighted by atomic mass is 10.0. The molecule has 3 N–H and O–H groups in total. The maximum atomic E-state index is 12.6. The third-order valence-corrected chi connectivity index (χ3v) is 6.99. The molecule has 5 rings (SSSR count). The van der Waals surface area contributed by atoms with E-state index in [0.717, 1.165) is 65.2 Å². The Morgan fingerprint density at radius 1 is 1.17 bits per heavy atom. The largest absolute Gasteiger partial charge is 0.404 e. The molecule has 35 heavy (non-hydrogen) atoms. The first-order valence-electron chi connectivity index (χ1n) is 12.3. The second-order valence-electron chi connectivity index (χ2n) is 9.40. The van der Waals surface area contributed by atoms with Gasteiger partial charge in [0.25, 0.3) is 0 Å². The Balaban J connectivity index is 1.59. The topological polar surface area (TPSA) is 91.8 Å². The summed E-state index contributed by atoms with van der Waals surface area (Å²) in [4.78, 5) is 21.5. The highest BCUT2D eigenvalue weighted by Gasteiger charge is 2.33. The number of fused-ring (bicyclic) bond motifs is 2. The van der Waals surface area contributed by atoms with Crippen LogP contribution in [0.4, 0.5) is 17.2 Å². The Morgan fingerprint density at radius 2 is 1.94 bits per heavy atom. The molecule has 182 valence electrons. The summed E-state index contributed by atoms with van der Waals surface area (Å²) in [6.45, 7) is 6.33. The molecule has 0 spiro atoms. The van der Waals surface area contributed by atoms with Crippen LogP contribution in [-0.2, 0) is 11.8 Å². The van der Waals surface area contributed by atoms with Crippen LogP contribution < -0.4 is 20.9 Å². The summed E-state index contributed by atoms with van der Waals surface area (Å²) in [5, 5.41) is 9.33. The van der Waals surface area contributed by atoms with Gasteiger partial charge in [-0.15, -0.1) is 0 Å². The van der Waals surface area contributed by atoms with Crippen LogP contribution in [0.5, 0.6) is 0 Å². The summed E-state index contributed by atoms with van der Waals surface area (Å²) >= 11 is 0. The van der Waals surface area contributed by atoms with E-state index in [4.69, 9.17) is 15.8 Å². The Labute approximate surface area is 206 Å². The lowest BCUT2D eigenvalue weighted by molar-refractivity contribution is -0.117. The molecule has 1 atom stereocenters. The normalized spacial score (nSPS) is 19.5. The van der Waals surface area contributed by atoms with Crippen molar-refractivity contribution in [2.24, 2.45) is 17.8 Å². The number of nitrogens with two attached hydrogens (primary N) is 1. The number of para-hydroxylation sites is 1. The summed E-state index contributed by atoms with van der Waals surface area (Å²) in [7, 11) is 1.96. The Hall–Kier alpha value is -3.65. The SMILES string of the molecule is CC(=O)N1c2ccc(/C(C=NC3CCNCC3)=C/N)cc2N(c2nn(C)c3ccccc23)C[C@@H]1C. The average Bonchev–Trinajstić information content (AvgIpc) is 3.20. The second kappa shape index (κ2) is 9.54. The molecule has 1 saturated heterocycles. The van der Waals surface area contributed by atoms with E-state index in [1.54, 1.807) is 13.1 Å². The molecule has 0 radical (unpaired) electrons. The second-order valence-corrected chi connectivity index (χ2v) is 9.40. The molecule has 2 aromatic carbocycles. The van der Waals surface area contributed by atoms with Gasteiger partial charge in [-0.25, -0.2) is 0 Å². The van der Waals surface area contributed by atoms with Crippen molar-refractivity contribution in [1.82, 2.24) is 15.1 Å². The summed E-state index contributed by atoms with van der Waals surface area (Å²) in [5.74, 6) is 0.914. The maximum absolute atomic E-state index is 12.6. The van der Waals surface area contributed by atoms with Gasteiger partial charge in [0.1, 0.15) is 0 Å². The van der Waals surface area contributed by atoms with Gasteiger partial charge in [-0.2, -0.15) is 5.10 Å². The molecule has 3 heterocycles. The number of benzene rings is 2. The highest BCUT2D eigenvalue weighted by atomic mass is 16.2. The third kappa shape index (κ3) is 4.30. The number of aromatic nitrogens is 2. The molecule has 0 unspecified atom stereocenters. The highest BCUT2D eigenvalue weighted by molar-refractivity contribution is 6.11.